The Labute approximate surface area is 194 Å². The molecule has 0 saturated heterocycles. The predicted molar refractivity (Wildman–Crippen MR) is 136 cm³/mol. The van der Waals surface area contributed by atoms with E-state index in [9.17, 15) is 0 Å². The predicted octanol–water partition coefficient (Wildman–Crippen LogP) is 9.85. The molecular weight excluding hydrogens is 372 g/mol. The lowest BCUT2D eigenvalue weighted by molar-refractivity contribution is 0.108. The molecule has 4 rings (SSSR count). The van der Waals surface area contributed by atoms with Gasteiger partial charge >= 0.3 is 0 Å². The van der Waals surface area contributed by atoms with Crippen LogP contribution in [-0.4, -0.2) is 0 Å². The summed E-state index contributed by atoms with van der Waals surface area (Å²) >= 11 is 0. The average molecular weight is 423 g/mol. The van der Waals surface area contributed by atoms with E-state index < -0.39 is 0 Å². The van der Waals surface area contributed by atoms with Crippen molar-refractivity contribution in [3.63, 3.8) is 0 Å². The van der Waals surface area contributed by atoms with Crippen LogP contribution >= 0.6 is 0 Å². The van der Waals surface area contributed by atoms with Crippen molar-refractivity contribution in [3.05, 3.63) is 35.4 Å². The topological polar surface area (TPSA) is 0 Å². The van der Waals surface area contributed by atoms with Crippen LogP contribution in [0.2, 0.25) is 0 Å². The zero-order chi connectivity index (χ0) is 21.5. The van der Waals surface area contributed by atoms with Gasteiger partial charge < -0.3 is 0 Å². The first-order valence-electron chi connectivity index (χ1n) is 14.3. The summed E-state index contributed by atoms with van der Waals surface area (Å²) in [6, 6.07) is 9.45. The fraction of sp³-hybridized carbons (Fsp3) is 0.806. The van der Waals surface area contributed by atoms with Crippen LogP contribution in [0, 0.1) is 36.5 Å². The first-order chi connectivity index (χ1) is 15.2. The fourth-order valence-electron chi connectivity index (χ4n) is 7.53. The van der Waals surface area contributed by atoms with Crippen molar-refractivity contribution in [1.82, 2.24) is 0 Å². The van der Waals surface area contributed by atoms with Crippen molar-refractivity contribution in [2.75, 3.05) is 0 Å². The summed E-state index contributed by atoms with van der Waals surface area (Å²) in [5.74, 6) is 6.13. The monoisotopic (exact) mass is 422 g/mol. The Morgan fingerprint density at radius 2 is 1.23 bits per heavy atom. The van der Waals surface area contributed by atoms with E-state index in [0.717, 1.165) is 35.5 Å². The summed E-state index contributed by atoms with van der Waals surface area (Å²) < 4.78 is 0. The van der Waals surface area contributed by atoms with E-state index in [0.29, 0.717) is 0 Å². The SMILES string of the molecule is CCCCCCC1CCC(CCC2CCC3CC(c4ccc(C)cc4)CCC3C2)CC1. The maximum Gasteiger partial charge on any atom is -0.0159 e. The third-order valence-electron chi connectivity index (χ3n) is 9.69. The molecule has 4 unspecified atom stereocenters. The quantitative estimate of drug-likeness (QED) is 0.347. The molecule has 0 heterocycles. The van der Waals surface area contributed by atoms with Gasteiger partial charge in [0.1, 0.15) is 0 Å². The molecule has 31 heavy (non-hydrogen) atoms. The smallest absolute Gasteiger partial charge is 0.0159 e. The minimum Gasteiger partial charge on any atom is -0.0654 e. The van der Waals surface area contributed by atoms with E-state index >= 15 is 0 Å². The van der Waals surface area contributed by atoms with Crippen molar-refractivity contribution in [2.24, 2.45) is 29.6 Å². The van der Waals surface area contributed by atoms with Gasteiger partial charge in [-0.1, -0.05) is 114 Å². The summed E-state index contributed by atoms with van der Waals surface area (Å²) in [4.78, 5) is 0. The summed E-state index contributed by atoms with van der Waals surface area (Å²) in [5.41, 5.74) is 3.02. The highest BCUT2D eigenvalue weighted by Gasteiger charge is 2.36. The van der Waals surface area contributed by atoms with Gasteiger partial charge in [-0.05, 0) is 80.1 Å². The molecule has 0 aliphatic heterocycles. The maximum absolute atomic E-state index is 2.41. The normalized spacial score (nSPS) is 33.7. The van der Waals surface area contributed by atoms with Crippen molar-refractivity contribution in [3.8, 4) is 0 Å². The van der Waals surface area contributed by atoms with Crippen LogP contribution in [0.1, 0.15) is 133 Å². The number of hydrogen-bond donors (Lipinski definition) is 0. The molecule has 0 spiro atoms. The van der Waals surface area contributed by atoms with Gasteiger partial charge in [-0.25, -0.2) is 0 Å². The van der Waals surface area contributed by atoms with Crippen LogP contribution < -0.4 is 0 Å². The number of rotatable bonds is 9. The van der Waals surface area contributed by atoms with Gasteiger partial charge in [0.25, 0.3) is 0 Å². The number of benzene rings is 1. The molecular formula is C31H50. The third kappa shape index (κ3) is 6.85. The van der Waals surface area contributed by atoms with Crippen LogP contribution in [-0.2, 0) is 0 Å². The van der Waals surface area contributed by atoms with Gasteiger partial charge in [0.15, 0.2) is 0 Å². The van der Waals surface area contributed by atoms with E-state index in [1.807, 2.05) is 0 Å². The molecule has 3 aliphatic carbocycles. The van der Waals surface area contributed by atoms with Gasteiger partial charge in [0, 0.05) is 0 Å². The van der Waals surface area contributed by atoms with Gasteiger partial charge in [0.05, 0.1) is 0 Å². The summed E-state index contributed by atoms with van der Waals surface area (Å²) in [6.45, 7) is 4.54. The second-order valence-electron chi connectivity index (χ2n) is 11.9. The Bertz CT molecular complexity index is 620. The van der Waals surface area contributed by atoms with Crippen LogP contribution in [0.15, 0.2) is 24.3 Å². The van der Waals surface area contributed by atoms with Gasteiger partial charge in [-0.2, -0.15) is 0 Å². The standard InChI is InChI=1S/C31H50/c1-3-4-5-6-7-25-10-12-26(13-11-25)14-15-27-16-19-31-23-30(21-20-29(31)22-27)28-17-8-24(2)9-18-28/h8-9,17-18,25-27,29-31H,3-7,10-16,19-23H2,1-2H3. The first kappa shape index (κ1) is 23.4. The van der Waals surface area contributed by atoms with E-state index in [-0.39, 0.29) is 0 Å². The van der Waals surface area contributed by atoms with Gasteiger partial charge in [0.2, 0.25) is 0 Å². The van der Waals surface area contributed by atoms with Crippen LogP contribution in [0.25, 0.3) is 0 Å². The van der Waals surface area contributed by atoms with Crippen LogP contribution in [0.3, 0.4) is 0 Å². The number of aryl methyl sites for hydroxylation is 1. The molecule has 0 bridgehead atoms. The molecule has 0 amide bonds. The van der Waals surface area contributed by atoms with E-state index in [1.165, 1.54) is 69.8 Å². The fourth-order valence-corrected chi connectivity index (χ4v) is 7.53. The highest BCUT2D eigenvalue weighted by Crippen LogP contribution is 2.49. The molecule has 1 aromatic rings. The first-order valence-corrected chi connectivity index (χ1v) is 14.3. The second-order valence-corrected chi connectivity index (χ2v) is 11.9. The summed E-state index contributed by atoms with van der Waals surface area (Å²) in [6.07, 6.45) is 25.7. The number of fused-ring (bicyclic) bond motifs is 1. The minimum absolute atomic E-state index is 0.843. The third-order valence-corrected chi connectivity index (χ3v) is 9.69. The zero-order valence-corrected chi connectivity index (χ0v) is 20.8. The lowest BCUT2D eigenvalue weighted by atomic mass is 9.63. The molecule has 3 fully saturated rings. The Balaban J connectivity index is 1.13. The molecule has 0 heteroatoms. The minimum atomic E-state index is 0.843. The highest BCUT2D eigenvalue weighted by molar-refractivity contribution is 5.25. The molecule has 3 saturated carbocycles. The van der Waals surface area contributed by atoms with Crippen LogP contribution in [0.5, 0.6) is 0 Å². The lowest BCUT2D eigenvalue weighted by Crippen LogP contribution is -2.30. The average Bonchev–Trinajstić information content (AvgIpc) is 2.81. The van der Waals surface area contributed by atoms with Crippen molar-refractivity contribution in [2.45, 2.75) is 129 Å². The van der Waals surface area contributed by atoms with E-state index in [2.05, 4.69) is 38.1 Å². The molecule has 1 aromatic carbocycles. The molecule has 0 nitrogen and oxygen atoms in total. The Morgan fingerprint density at radius 1 is 0.613 bits per heavy atom. The van der Waals surface area contributed by atoms with Crippen molar-refractivity contribution >= 4 is 0 Å². The lowest BCUT2D eigenvalue weighted by Gasteiger charge is -2.43. The largest absolute Gasteiger partial charge is 0.0654 e. The van der Waals surface area contributed by atoms with Crippen molar-refractivity contribution in [1.29, 1.82) is 0 Å². The van der Waals surface area contributed by atoms with Crippen molar-refractivity contribution < 1.29 is 0 Å². The Morgan fingerprint density at radius 3 is 1.97 bits per heavy atom. The van der Waals surface area contributed by atoms with Gasteiger partial charge in [-0.15, -0.1) is 0 Å². The Hall–Kier alpha value is -0.780. The number of unbranched alkanes of at least 4 members (excludes halogenated alkanes) is 3. The van der Waals surface area contributed by atoms with Crippen LogP contribution in [0.4, 0.5) is 0 Å². The maximum atomic E-state index is 2.41. The second kappa shape index (κ2) is 11.9. The van der Waals surface area contributed by atoms with E-state index in [1.54, 1.807) is 50.5 Å². The Kier molecular flexibility index (Phi) is 8.98. The highest BCUT2D eigenvalue weighted by atomic mass is 14.4. The summed E-state index contributed by atoms with van der Waals surface area (Å²) in [7, 11) is 0. The number of hydrogen-bond acceptors (Lipinski definition) is 0. The van der Waals surface area contributed by atoms with E-state index in [4.69, 9.17) is 0 Å². The molecule has 0 radical (unpaired) electrons. The zero-order valence-electron chi connectivity index (χ0n) is 20.8. The molecule has 0 N–H and O–H groups in total. The van der Waals surface area contributed by atoms with Gasteiger partial charge in [-0.3, -0.25) is 0 Å². The molecule has 4 atom stereocenters. The molecule has 0 aromatic heterocycles. The molecule has 3 aliphatic rings. The summed E-state index contributed by atoms with van der Waals surface area (Å²) in [5, 5.41) is 0. The molecule has 174 valence electrons.